The second kappa shape index (κ2) is 8.72. The van der Waals surface area contributed by atoms with Gasteiger partial charge in [-0.3, -0.25) is 4.79 Å². The first-order valence-electron chi connectivity index (χ1n) is 10.3. The molecule has 1 saturated carbocycles. The predicted molar refractivity (Wildman–Crippen MR) is 103 cm³/mol. The monoisotopic (exact) mass is 398 g/mol. The number of nitrogens with one attached hydrogen (secondary N) is 2. The van der Waals surface area contributed by atoms with Crippen molar-refractivity contribution in [2.24, 2.45) is 5.92 Å². The summed E-state index contributed by atoms with van der Waals surface area (Å²) in [6.45, 7) is 6.94. The third-order valence-corrected chi connectivity index (χ3v) is 6.39. The van der Waals surface area contributed by atoms with Crippen molar-refractivity contribution in [2.45, 2.75) is 57.8 Å². The van der Waals surface area contributed by atoms with Crippen molar-refractivity contribution in [1.82, 2.24) is 5.32 Å². The molecular weight excluding hydrogens is 367 g/mol. The van der Waals surface area contributed by atoms with Crippen LogP contribution in [-0.4, -0.2) is 44.2 Å². The maximum atomic E-state index is 12.9. The number of piperazine rings is 1. The van der Waals surface area contributed by atoms with Crippen molar-refractivity contribution >= 4 is 11.6 Å². The SMILES string of the molecule is C[C@H](C(=O)N[C@@H]1CCCC[C@@H]1C)[NH+]1CCN(c2cccc(C(F)(F)F)c2)CC1. The van der Waals surface area contributed by atoms with Crippen LogP contribution in [0.1, 0.15) is 45.1 Å². The van der Waals surface area contributed by atoms with E-state index in [0.29, 0.717) is 24.7 Å². The van der Waals surface area contributed by atoms with Crippen LogP contribution < -0.4 is 15.1 Å². The van der Waals surface area contributed by atoms with E-state index in [0.717, 1.165) is 25.6 Å². The summed E-state index contributed by atoms with van der Waals surface area (Å²) in [6, 6.07) is 5.63. The zero-order valence-electron chi connectivity index (χ0n) is 16.7. The van der Waals surface area contributed by atoms with Gasteiger partial charge in [-0.2, -0.15) is 13.2 Å². The number of quaternary nitrogens is 1. The molecule has 0 bridgehead atoms. The van der Waals surface area contributed by atoms with Gasteiger partial charge in [-0.25, -0.2) is 0 Å². The van der Waals surface area contributed by atoms with Crippen LogP contribution in [0.5, 0.6) is 0 Å². The maximum absolute atomic E-state index is 12.9. The lowest BCUT2D eigenvalue weighted by Crippen LogP contribution is -3.19. The molecule has 3 atom stereocenters. The second-order valence-electron chi connectivity index (χ2n) is 8.29. The largest absolute Gasteiger partial charge is 0.416 e. The van der Waals surface area contributed by atoms with Crippen molar-refractivity contribution < 1.29 is 22.9 Å². The molecule has 7 heteroatoms. The molecule has 2 N–H and O–H groups in total. The Hall–Kier alpha value is -1.76. The molecule has 1 aromatic rings. The Bertz CT molecular complexity index is 671. The standard InChI is InChI=1S/C21H30F3N3O/c1-15-6-3-4-9-19(15)25-20(28)16(2)26-10-12-27(13-11-26)18-8-5-7-17(14-18)21(22,23)24/h5,7-8,14-16,19H,3-4,6,9-13H2,1-2H3,(H,25,28)/p+1/t15-,16+,19+/m0/s1. The maximum Gasteiger partial charge on any atom is 0.416 e. The van der Waals surface area contributed by atoms with Crippen LogP contribution in [0.3, 0.4) is 0 Å². The van der Waals surface area contributed by atoms with E-state index in [1.807, 2.05) is 11.8 Å². The molecule has 1 heterocycles. The molecule has 0 radical (unpaired) electrons. The number of carbonyl (C=O) groups is 1. The molecule has 0 aromatic heterocycles. The number of rotatable bonds is 4. The summed E-state index contributed by atoms with van der Waals surface area (Å²) in [7, 11) is 0. The van der Waals surface area contributed by atoms with E-state index < -0.39 is 11.7 Å². The van der Waals surface area contributed by atoms with Gasteiger partial charge in [0.05, 0.1) is 31.7 Å². The van der Waals surface area contributed by atoms with Crippen LogP contribution in [0.4, 0.5) is 18.9 Å². The summed E-state index contributed by atoms with van der Waals surface area (Å²) in [5.41, 5.74) is -0.0175. The van der Waals surface area contributed by atoms with Crippen molar-refractivity contribution in [3.05, 3.63) is 29.8 Å². The fourth-order valence-corrected chi connectivity index (χ4v) is 4.39. The smallest absolute Gasteiger partial charge is 0.360 e. The minimum atomic E-state index is -4.33. The van der Waals surface area contributed by atoms with Crippen LogP contribution in [0, 0.1) is 5.92 Å². The summed E-state index contributed by atoms with van der Waals surface area (Å²) >= 11 is 0. The second-order valence-corrected chi connectivity index (χ2v) is 8.29. The Balaban J connectivity index is 1.54. The molecule has 1 saturated heterocycles. The topological polar surface area (TPSA) is 36.8 Å². The predicted octanol–water partition coefficient (Wildman–Crippen LogP) is 2.49. The molecule has 2 aliphatic rings. The average Bonchev–Trinajstić information content (AvgIpc) is 2.69. The van der Waals surface area contributed by atoms with Gasteiger partial charge in [-0.1, -0.05) is 25.8 Å². The fourth-order valence-electron chi connectivity index (χ4n) is 4.39. The van der Waals surface area contributed by atoms with Gasteiger partial charge in [-0.15, -0.1) is 0 Å². The normalized spacial score (nSPS) is 25.4. The van der Waals surface area contributed by atoms with Gasteiger partial charge in [0, 0.05) is 11.7 Å². The van der Waals surface area contributed by atoms with Crippen LogP contribution in [0.15, 0.2) is 24.3 Å². The van der Waals surface area contributed by atoms with Crippen molar-refractivity contribution in [2.75, 3.05) is 31.1 Å². The molecule has 0 unspecified atom stereocenters. The lowest BCUT2D eigenvalue weighted by Gasteiger charge is -2.37. The third kappa shape index (κ3) is 4.99. The van der Waals surface area contributed by atoms with Crippen LogP contribution >= 0.6 is 0 Å². The number of benzene rings is 1. The fraction of sp³-hybridized carbons (Fsp3) is 0.667. The van der Waals surface area contributed by atoms with E-state index in [1.165, 1.54) is 36.3 Å². The Morgan fingerprint density at radius 3 is 2.54 bits per heavy atom. The van der Waals surface area contributed by atoms with E-state index in [2.05, 4.69) is 12.2 Å². The summed E-state index contributed by atoms with van der Waals surface area (Å²) in [4.78, 5) is 15.9. The zero-order valence-corrected chi connectivity index (χ0v) is 16.7. The van der Waals surface area contributed by atoms with Crippen LogP contribution in [0.2, 0.25) is 0 Å². The molecule has 1 aliphatic heterocycles. The molecule has 3 rings (SSSR count). The molecule has 1 aromatic carbocycles. The highest BCUT2D eigenvalue weighted by atomic mass is 19.4. The van der Waals surface area contributed by atoms with E-state index in [9.17, 15) is 18.0 Å². The summed E-state index contributed by atoms with van der Waals surface area (Å²) in [6.07, 6.45) is 0.310. The molecule has 1 amide bonds. The van der Waals surface area contributed by atoms with Gasteiger partial charge in [0.2, 0.25) is 0 Å². The highest BCUT2D eigenvalue weighted by Gasteiger charge is 2.33. The van der Waals surface area contributed by atoms with E-state index in [1.54, 1.807) is 6.07 Å². The molecule has 1 aliphatic carbocycles. The van der Waals surface area contributed by atoms with E-state index in [-0.39, 0.29) is 18.0 Å². The summed E-state index contributed by atoms with van der Waals surface area (Å²) < 4.78 is 38.8. The zero-order chi connectivity index (χ0) is 20.3. The first-order chi connectivity index (χ1) is 13.3. The number of anilines is 1. The van der Waals surface area contributed by atoms with Crippen LogP contribution in [0.25, 0.3) is 0 Å². The number of hydrogen-bond donors (Lipinski definition) is 2. The van der Waals surface area contributed by atoms with Gasteiger partial charge >= 0.3 is 6.18 Å². The molecule has 156 valence electrons. The lowest BCUT2D eigenvalue weighted by molar-refractivity contribution is -0.914. The number of carbonyl (C=O) groups excluding carboxylic acids is 1. The molecule has 4 nitrogen and oxygen atoms in total. The van der Waals surface area contributed by atoms with Crippen molar-refractivity contribution in [3.8, 4) is 0 Å². The van der Waals surface area contributed by atoms with Crippen molar-refractivity contribution in [3.63, 3.8) is 0 Å². The molecular formula is C21H31F3N3O+. The lowest BCUT2D eigenvalue weighted by atomic mass is 9.86. The number of halogens is 3. The highest BCUT2D eigenvalue weighted by molar-refractivity contribution is 5.80. The van der Waals surface area contributed by atoms with Gasteiger partial charge in [0.1, 0.15) is 0 Å². The Kier molecular flexibility index (Phi) is 6.53. The summed E-state index contributed by atoms with van der Waals surface area (Å²) in [5.74, 6) is 0.624. The van der Waals surface area contributed by atoms with E-state index in [4.69, 9.17) is 0 Å². The molecule has 28 heavy (non-hydrogen) atoms. The first-order valence-corrected chi connectivity index (χ1v) is 10.3. The van der Waals surface area contributed by atoms with Gasteiger partial charge in [-0.05, 0) is 43.9 Å². The Labute approximate surface area is 165 Å². The molecule has 0 spiro atoms. The van der Waals surface area contributed by atoms with Crippen LogP contribution in [-0.2, 0) is 11.0 Å². The van der Waals surface area contributed by atoms with Gasteiger partial charge in [0.15, 0.2) is 6.04 Å². The number of nitrogens with zero attached hydrogens (tertiary/aromatic N) is 1. The number of amides is 1. The minimum Gasteiger partial charge on any atom is -0.360 e. The van der Waals surface area contributed by atoms with Crippen molar-refractivity contribution in [1.29, 1.82) is 0 Å². The first kappa shape index (κ1) is 21.0. The Morgan fingerprint density at radius 1 is 1.21 bits per heavy atom. The number of alkyl halides is 3. The minimum absolute atomic E-state index is 0.0984. The highest BCUT2D eigenvalue weighted by Crippen LogP contribution is 2.31. The summed E-state index contributed by atoms with van der Waals surface area (Å²) in [5, 5.41) is 3.23. The quantitative estimate of drug-likeness (QED) is 0.818. The third-order valence-electron chi connectivity index (χ3n) is 6.39. The number of hydrogen-bond acceptors (Lipinski definition) is 2. The van der Waals surface area contributed by atoms with Gasteiger partial charge in [0.25, 0.3) is 5.91 Å². The molecule has 2 fully saturated rings. The van der Waals surface area contributed by atoms with Gasteiger partial charge < -0.3 is 15.1 Å². The average molecular weight is 398 g/mol. The van der Waals surface area contributed by atoms with E-state index >= 15 is 0 Å². The Morgan fingerprint density at radius 2 is 1.89 bits per heavy atom.